The third-order valence-electron chi connectivity index (χ3n) is 5.03. The summed E-state index contributed by atoms with van der Waals surface area (Å²) in [5, 5.41) is 15.1. The van der Waals surface area contributed by atoms with E-state index >= 15 is 0 Å². The number of benzene rings is 2. The van der Waals surface area contributed by atoms with Crippen molar-refractivity contribution in [2.24, 2.45) is 0 Å². The van der Waals surface area contributed by atoms with E-state index in [1.165, 1.54) is 30.6 Å². The van der Waals surface area contributed by atoms with E-state index in [4.69, 9.17) is 0 Å². The van der Waals surface area contributed by atoms with Crippen molar-refractivity contribution < 1.29 is 8.78 Å². The molecule has 0 saturated heterocycles. The summed E-state index contributed by atoms with van der Waals surface area (Å²) in [6, 6.07) is 7.63. The van der Waals surface area contributed by atoms with Crippen LogP contribution in [0.5, 0.6) is 0 Å². The lowest BCUT2D eigenvalue weighted by molar-refractivity contribution is 0.436. The normalized spacial score (nSPS) is 18.2. The number of nitrogens with one attached hydrogen (secondary N) is 2. The number of aromatic nitrogens is 5. The predicted octanol–water partition coefficient (Wildman–Crippen LogP) is 2.86. The van der Waals surface area contributed by atoms with Crippen molar-refractivity contribution in [2.75, 3.05) is 5.32 Å². The van der Waals surface area contributed by atoms with Crippen molar-refractivity contribution in [2.45, 2.75) is 19.0 Å². The molecule has 0 radical (unpaired) electrons. The Morgan fingerprint density at radius 2 is 1.89 bits per heavy atom. The third kappa shape index (κ3) is 2.39. The van der Waals surface area contributed by atoms with Crippen LogP contribution in [0.2, 0.25) is 0 Å². The molecule has 0 unspecified atom stereocenters. The summed E-state index contributed by atoms with van der Waals surface area (Å²) < 4.78 is 29.3. The lowest BCUT2D eigenvalue weighted by Gasteiger charge is -2.34. The van der Waals surface area contributed by atoms with Gasteiger partial charge in [0, 0.05) is 11.1 Å². The van der Waals surface area contributed by atoms with Crippen LogP contribution in [0, 0.1) is 18.6 Å². The van der Waals surface area contributed by atoms with Gasteiger partial charge >= 0.3 is 0 Å². The Bertz CT molecular complexity index is 1260. The van der Waals surface area contributed by atoms with Gasteiger partial charge in [0.2, 0.25) is 0 Å². The van der Waals surface area contributed by atoms with Gasteiger partial charge in [0.25, 0.3) is 5.56 Å². The molecule has 9 heteroatoms. The van der Waals surface area contributed by atoms with Gasteiger partial charge < -0.3 is 5.32 Å². The second-order valence-electron chi connectivity index (χ2n) is 6.68. The first-order valence-electron chi connectivity index (χ1n) is 8.63. The van der Waals surface area contributed by atoms with Gasteiger partial charge in [-0.3, -0.25) is 4.79 Å². The number of halogens is 2. The van der Waals surface area contributed by atoms with Crippen molar-refractivity contribution in [1.29, 1.82) is 0 Å². The zero-order valence-electron chi connectivity index (χ0n) is 14.6. The van der Waals surface area contributed by atoms with Crippen molar-refractivity contribution in [3.05, 3.63) is 81.8 Å². The highest BCUT2D eigenvalue weighted by Gasteiger charge is 2.36. The molecule has 5 rings (SSSR count). The van der Waals surface area contributed by atoms with E-state index in [0.29, 0.717) is 22.6 Å². The molecule has 4 aromatic rings. The smallest absolute Gasteiger partial charge is 0.272 e. The van der Waals surface area contributed by atoms with Crippen LogP contribution >= 0.6 is 0 Å². The fraction of sp³-hybridized carbons (Fsp3) is 0.158. The molecule has 0 amide bonds. The van der Waals surface area contributed by atoms with Crippen LogP contribution in [0.25, 0.3) is 10.8 Å². The molecule has 0 fully saturated rings. The van der Waals surface area contributed by atoms with Gasteiger partial charge in [-0.05, 0) is 36.8 Å². The number of aryl methyl sites for hydroxylation is 1. The van der Waals surface area contributed by atoms with Gasteiger partial charge in [-0.25, -0.2) is 23.5 Å². The summed E-state index contributed by atoms with van der Waals surface area (Å²) in [4.78, 5) is 16.4. The first kappa shape index (κ1) is 16.5. The molecule has 2 aromatic heterocycles. The summed E-state index contributed by atoms with van der Waals surface area (Å²) >= 11 is 0. The number of rotatable bonds is 2. The highest BCUT2D eigenvalue weighted by molar-refractivity contribution is 5.97. The maximum absolute atomic E-state index is 14.1. The molecule has 140 valence electrons. The van der Waals surface area contributed by atoms with Crippen LogP contribution < -0.4 is 10.9 Å². The molecule has 0 spiro atoms. The van der Waals surface area contributed by atoms with Crippen LogP contribution in [-0.2, 0) is 0 Å². The van der Waals surface area contributed by atoms with Gasteiger partial charge in [0.15, 0.2) is 0 Å². The highest BCUT2D eigenvalue weighted by Crippen LogP contribution is 2.44. The fourth-order valence-corrected chi connectivity index (χ4v) is 3.79. The Morgan fingerprint density at radius 1 is 1.11 bits per heavy atom. The van der Waals surface area contributed by atoms with E-state index in [1.807, 2.05) is 0 Å². The standard InChI is InChI=1S/C19H14F2N6O/c1-9-22-8-23-27(9)18-16(10-2-4-11(20)5-3-10)24-14-7-12(21)6-13-15(14)17(18)25-26-19(13)28/h2-8,16,18,24H,1H3,(H,26,28)/t16-,18-/m1/s1. The van der Waals surface area contributed by atoms with Crippen LogP contribution in [-0.4, -0.2) is 25.0 Å². The van der Waals surface area contributed by atoms with Crippen molar-refractivity contribution >= 4 is 16.5 Å². The molecule has 0 bridgehead atoms. The molecule has 2 atom stereocenters. The minimum absolute atomic E-state index is 0.202. The zero-order valence-corrected chi connectivity index (χ0v) is 14.6. The largest absolute Gasteiger partial charge is 0.375 e. The molecule has 7 nitrogen and oxygen atoms in total. The summed E-state index contributed by atoms with van der Waals surface area (Å²) in [5.74, 6) is -0.249. The van der Waals surface area contributed by atoms with E-state index in [2.05, 4.69) is 25.6 Å². The monoisotopic (exact) mass is 380 g/mol. The number of anilines is 1. The first-order chi connectivity index (χ1) is 13.5. The van der Waals surface area contributed by atoms with Gasteiger partial charge in [0.1, 0.15) is 29.8 Å². The third-order valence-corrected chi connectivity index (χ3v) is 5.03. The first-order valence-corrected chi connectivity index (χ1v) is 8.63. The SMILES string of the molecule is Cc1ncnn1[C@H]1c2n[nH]c(=O)c3cc(F)cc(c23)N[C@@H]1c1ccc(F)cc1. The van der Waals surface area contributed by atoms with Crippen LogP contribution in [0.1, 0.15) is 29.2 Å². The summed E-state index contributed by atoms with van der Waals surface area (Å²) in [7, 11) is 0. The number of H-pyrrole nitrogens is 1. The number of hydrogen-bond donors (Lipinski definition) is 2. The molecule has 3 heterocycles. The Kier molecular flexibility index (Phi) is 3.51. The van der Waals surface area contributed by atoms with Crippen molar-refractivity contribution in [3.63, 3.8) is 0 Å². The predicted molar refractivity (Wildman–Crippen MR) is 98.0 cm³/mol. The quantitative estimate of drug-likeness (QED) is 0.558. The second-order valence-corrected chi connectivity index (χ2v) is 6.68. The van der Waals surface area contributed by atoms with E-state index in [-0.39, 0.29) is 11.2 Å². The molecule has 2 aromatic carbocycles. The molecular weight excluding hydrogens is 366 g/mol. The van der Waals surface area contributed by atoms with Crippen molar-refractivity contribution in [3.8, 4) is 0 Å². The lowest BCUT2D eigenvalue weighted by atomic mass is 9.89. The maximum atomic E-state index is 14.1. The Labute approximate surface area is 157 Å². The molecule has 0 aliphatic carbocycles. The highest BCUT2D eigenvalue weighted by atomic mass is 19.1. The van der Waals surface area contributed by atoms with Crippen LogP contribution in [0.4, 0.5) is 14.5 Å². The Balaban J connectivity index is 1.82. The number of aromatic amines is 1. The average molecular weight is 380 g/mol. The molecule has 2 N–H and O–H groups in total. The van der Waals surface area contributed by atoms with E-state index in [9.17, 15) is 13.6 Å². The Morgan fingerprint density at radius 3 is 2.61 bits per heavy atom. The topological polar surface area (TPSA) is 88.5 Å². The number of nitrogens with zero attached hydrogens (tertiary/aromatic N) is 4. The Hall–Kier alpha value is -3.62. The minimum atomic E-state index is -0.536. The molecule has 1 aliphatic heterocycles. The second kappa shape index (κ2) is 5.95. The van der Waals surface area contributed by atoms with E-state index in [0.717, 1.165) is 5.56 Å². The zero-order chi connectivity index (χ0) is 19.4. The van der Waals surface area contributed by atoms with Gasteiger partial charge in [-0.15, -0.1) is 0 Å². The number of hydrogen-bond acceptors (Lipinski definition) is 5. The van der Waals surface area contributed by atoms with Gasteiger partial charge in [0.05, 0.1) is 17.1 Å². The molecule has 0 saturated carbocycles. The van der Waals surface area contributed by atoms with Crippen LogP contribution in [0.15, 0.2) is 47.5 Å². The maximum Gasteiger partial charge on any atom is 0.272 e. The van der Waals surface area contributed by atoms with E-state index < -0.39 is 23.5 Å². The summed E-state index contributed by atoms with van der Waals surface area (Å²) in [6.45, 7) is 1.80. The molecular formula is C19H14F2N6O. The van der Waals surface area contributed by atoms with Gasteiger partial charge in [-0.1, -0.05) is 12.1 Å². The van der Waals surface area contributed by atoms with Crippen molar-refractivity contribution in [1.82, 2.24) is 25.0 Å². The fourth-order valence-electron chi connectivity index (χ4n) is 3.79. The lowest BCUT2D eigenvalue weighted by Crippen LogP contribution is -2.32. The molecule has 28 heavy (non-hydrogen) atoms. The van der Waals surface area contributed by atoms with E-state index in [1.54, 1.807) is 23.7 Å². The summed E-state index contributed by atoms with van der Waals surface area (Å²) in [5.41, 5.74) is 1.27. The average Bonchev–Trinajstić information content (AvgIpc) is 3.10. The van der Waals surface area contributed by atoms with Crippen LogP contribution in [0.3, 0.4) is 0 Å². The minimum Gasteiger partial charge on any atom is -0.375 e. The molecule has 1 aliphatic rings. The van der Waals surface area contributed by atoms with Gasteiger partial charge in [-0.2, -0.15) is 10.2 Å². The summed E-state index contributed by atoms with van der Waals surface area (Å²) in [6.07, 6.45) is 1.43.